The monoisotopic (exact) mass is 929 g/mol. The maximum atomic E-state index is 3.64. The van der Waals surface area contributed by atoms with Gasteiger partial charge in [0.1, 0.15) is 7.52 Å². The van der Waals surface area contributed by atoms with Gasteiger partial charge in [-0.3, -0.25) is 0 Å². The van der Waals surface area contributed by atoms with Gasteiger partial charge in [-0.25, -0.2) is 0 Å². The Morgan fingerprint density at radius 3 is 0.812 bits per heavy atom. The van der Waals surface area contributed by atoms with Crippen molar-refractivity contribution in [2.45, 2.75) is 9.66 Å². The Labute approximate surface area is 187 Å². The van der Waals surface area contributed by atoms with Crippen molar-refractivity contribution >= 4 is 175 Å². The molecule has 0 saturated carbocycles. The lowest BCUT2D eigenvalue weighted by molar-refractivity contribution is 0.580. The average molecular weight is 940 g/mol. The van der Waals surface area contributed by atoms with Gasteiger partial charge in [-0.15, -0.1) is 0 Å². The number of alkyl halides is 11. The van der Waals surface area contributed by atoms with E-state index < -0.39 is 9.66 Å². The third kappa shape index (κ3) is 6.18. The van der Waals surface area contributed by atoms with E-state index in [1.165, 1.54) is 0 Å². The van der Waals surface area contributed by atoms with Crippen molar-refractivity contribution < 1.29 is 0 Å². The summed E-state index contributed by atoms with van der Waals surface area (Å²) in [7, 11) is 0. The molecule has 0 amide bonds. The van der Waals surface area contributed by atoms with Crippen molar-refractivity contribution in [3.8, 4) is 0 Å². The predicted octanol–water partition coefficient (Wildman–Crippen LogP) is 8.60. The molecule has 0 unspecified atom stereocenters. The summed E-state index contributed by atoms with van der Waals surface area (Å²) >= 11 is 39.0. The average Bonchev–Trinajstić information content (AvgIpc) is 1.72. The molecule has 0 aromatic rings. The maximum Gasteiger partial charge on any atom is 0.160 e. The maximum absolute atomic E-state index is 3.64. The van der Waals surface area contributed by atoms with E-state index in [0.717, 1.165) is 0 Å². The van der Waals surface area contributed by atoms with Gasteiger partial charge in [0.25, 0.3) is 0 Å². The third-order valence-corrected chi connectivity index (χ3v) is 11.3. The summed E-state index contributed by atoms with van der Waals surface area (Å²) < 4.78 is -2.25. The van der Waals surface area contributed by atoms with Gasteiger partial charge < -0.3 is 0 Å². The molecule has 0 aromatic heterocycles. The fourth-order valence-electron chi connectivity index (χ4n) is 0.760. The third-order valence-electron chi connectivity index (χ3n) is 1.40. The minimum atomic E-state index is -0.583. The van der Waals surface area contributed by atoms with E-state index in [1.807, 2.05) is 0 Å². The highest BCUT2D eigenvalue weighted by molar-refractivity contribution is 9.42. The van der Waals surface area contributed by atoms with Crippen molar-refractivity contribution in [2.75, 3.05) is 0 Å². The van der Waals surface area contributed by atoms with E-state index in [1.54, 1.807) is 0 Å². The minimum absolute atomic E-state index is 0.120. The van der Waals surface area contributed by atoms with Crippen LogP contribution in [0.1, 0.15) is 0 Å². The molecule has 16 heavy (non-hydrogen) atoms. The van der Waals surface area contributed by atoms with Crippen LogP contribution in [-0.2, 0) is 0 Å². The van der Waals surface area contributed by atoms with Gasteiger partial charge in [-0.05, 0) is 0 Å². The van der Waals surface area contributed by atoms with Gasteiger partial charge in [0.15, 0.2) is 2.14 Å². The molecule has 0 atom stereocenters. The van der Waals surface area contributed by atoms with Gasteiger partial charge >= 0.3 is 0 Å². The first-order valence-corrected chi connectivity index (χ1v) is 11.9. The summed E-state index contributed by atoms with van der Waals surface area (Å²) in [6.07, 6.45) is 0. The molecular weight excluding hydrogens is 939 g/mol. The van der Waals surface area contributed by atoms with Crippen molar-refractivity contribution in [1.29, 1.82) is 0 Å². The summed E-state index contributed by atoms with van der Waals surface area (Å²) in [5, 5.41) is 0. The van der Waals surface area contributed by atoms with E-state index in [2.05, 4.69) is 175 Å². The second-order valence-electron chi connectivity index (χ2n) is 2.64. The normalized spacial score (nSPS) is 15.8. The number of halogens is 11. The standard InChI is InChI=1S/C5HBr11/c6-2(7,5(14,15)16)1(3(8,9)10)4(11,12)13/h1H. The molecule has 0 rings (SSSR count). The molecule has 0 aliphatic rings. The summed E-state index contributed by atoms with van der Waals surface area (Å²) in [6.45, 7) is 0. The van der Waals surface area contributed by atoms with Crippen LogP contribution in [-0.4, -0.2) is 9.66 Å². The fraction of sp³-hybridized carbons (Fsp3) is 1.00. The molecule has 0 aliphatic carbocycles. The van der Waals surface area contributed by atoms with Crippen molar-refractivity contribution in [1.82, 2.24) is 0 Å². The van der Waals surface area contributed by atoms with E-state index in [9.17, 15) is 0 Å². The summed E-state index contributed by atoms with van der Waals surface area (Å²) in [4.78, 5) is 0. The van der Waals surface area contributed by atoms with Gasteiger partial charge in [-0.1, -0.05) is 175 Å². The molecular formula is C5HBr11. The largest absolute Gasteiger partial charge is 0.160 e. The molecule has 0 heterocycles. The summed E-state index contributed by atoms with van der Waals surface area (Å²) in [5.41, 5.74) is 0. The first kappa shape index (κ1) is 21.3. The number of hydrogen-bond donors (Lipinski definition) is 0. The second kappa shape index (κ2) is 7.23. The van der Waals surface area contributed by atoms with E-state index in [0.29, 0.717) is 0 Å². The SMILES string of the molecule is BrC(Br)(Br)C(C(Br)(Br)Br)C(Br)(Br)C(Br)(Br)Br. The van der Waals surface area contributed by atoms with Crippen LogP contribution in [0.2, 0.25) is 0 Å². The van der Waals surface area contributed by atoms with E-state index >= 15 is 0 Å². The molecule has 0 bridgehead atoms. The fourth-order valence-corrected chi connectivity index (χ4v) is 13.4. The zero-order chi connectivity index (χ0) is 13.6. The topological polar surface area (TPSA) is 0 Å². The van der Waals surface area contributed by atoms with Crippen LogP contribution >= 0.6 is 175 Å². The Morgan fingerprint density at radius 1 is 0.500 bits per heavy atom. The molecule has 0 spiro atoms. The summed E-state index contributed by atoms with van der Waals surface area (Å²) in [5.74, 6) is -0.120. The summed E-state index contributed by atoms with van der Waals surface area (Å²) in [6, 6.07) is 0. The zero-order valence-electron chi connectivity index (χ0n) is 6.73. The zero-order valence-corrected chi connectivity index (χ0v) is 24.2. The quantitative estimate of drug-likeness (QED) is 0.232. The van der Waals surface area contributed by atoms with Crippen LogP contribution in [0.3, 0.4) is 0 Å². The van der Waals surface area contributed by atoms with Gasteiger partial charge in [0, 0.05) is 0 Å². The molecule has 0 aliphatic heterocycles. The molecule has 0 nitrogen and oxygen atoms in total. The Kier molecular flexibility index (Phi) is 9.62. The van der Waals surface area contributed by atoms with Crippen LogP contribution in [0, 0.1) is 5.92 Å². The second-order valence-corrected chi connectivity index (χ2v) is 26.9. The number of rotatable bonds is 1. The molecule has 11 heteroatoms. The highest BCUT2D eigenvalue weighted by Gasteiger charge is 2.61. The molecule has 98 valence electrons. The van der Waals surface area contributed by atoms with Gasteiger partial charge in [0.05, 0.1) is 5.92 Å². The lowest BCUT2D eigenvalue weighted by atomic mass is 10.1. The van der Waals surface area contributed by atoms with Crippen molar-refractivity contribution in [2.24, 2.45) is 5.92 Å². The molecule has 0 fully saturated rings. The van der Waals surface area contributed by atoms with Gasteiger partial charge in [0.2, 0.25) is 0 Å². The Morgan fingerprint density at radius 2 is 0.750 bits per heavy atom. The molecule has 0 saturated heterocycles. The predicted molar refractivity (Wildman–Crippen MR) is 113 cm³/mol. The van der Waals surface area contributed by atoms with Crippen LogP contribution < -0.4 is 0 Å². The van der Waals surface area contributed by atoms with E-state index in [4.69, 9.17) is 0 Å². The van der Waals surface area contributed by atoms with Crippen LogP contribution in [0.15, 0.2) is 0 Å². The van der Waals surface area contributed by atoms with Crippen molar-refractivity contribution in [3.05, 3.63) is 0 Å². The van der Waals surface area contributed by atoms with Crippen LogP contribution in [0.5, 0.6) is 0 Å². The Hall–Kier alpha value is 5.28. The van der Waals surface area contributed by atoms with Crippen molar-refractivity contribution in [3.63, 3.8) is 0 Å². The highest BCUT2D eigenvalue weighted by Crippen LogP contribution is 2.68. The first-order chi connectivity index (χ1) is 6.62. The molecule has 0 aromatic carbocycles. The number of hydrogen-bond acceptors (Lipinski definition) is 0. The minimum Gasteiger partial charge on any atom is -0.0687 e. The molecule has 0 radical (unpaired) electrons. The van der Waals surface area contributed by atoms with Crippen LogP contribution in [0.25, 0.3) is 0 Å². The lowest BCUT2D eigenvalue weighted by Crippen LogP contribution is -2.49. The van der Waals surface area contributed by atoms with E-state index in [-0.39, 0.29) is 5.92 Å². The Balaban J connectivity index is 5.57. The molecule has 0 N–H and O–H groups in total. The smallest absolute Gasteiger partial charge is 0.0687 e. The lowest BCUT2D eigenvalue weighted by Gasteiger charge is -2.45. The highest BCUT2D eigenvalue weighted by atomic mass is 80.0. The van der Waals surface area contributed by atoms with Crippen LogP contribution in [0.4, 0.5) is 0 Å². The Bertz CT molecular complexity index is 225. The first-order valence-electron chi connectivity index (χ1n) is 3.19. The van der Waals surface area contributed by atoms with Gasteiger partial charge in [-0.2, -0.15) is 0 Å².